The first-order valence-corrected chi connectivity index (χ1v) is 5.35. The number of aromatic nitrogens is 3. The van der Waals surface area contributed by atoms with Crippen molar-refractivity contribution in [1.82, 2.24) is 14.6 Å². The van der Waals surface area contributed by atoms with Crippen LogP contribution in [0.4, 0.5) is 0 Å². The second-order valence-electron chi connectivity index (χ2n) is 3.64. The molecule has 0 spiro atoms. The Labute approximate surface area is 100 Å². The molecule has 0 N–H and O–H groups in total. The number of nitrogens with zero attached hydrogens (tertiary/aromatic N) is 3. The number of rotatable bonds is 1. The van der Waals surface area contributed by atoms with E-state index < -0.39 is 0 Å². The van der Waals surface area contributed by atoms with E-state index in [1.54, 1.807) is 16.9 Å². The van der Waals surface area contributed by atoms with Gasteiger partial charge in [0.15, 0.2) is 5.65 Å². The van der Waals surface area contributed by atoms with Crippen LogP contribution in [0.2, 0.25) is 0 Å². The summed E-state index contributed by atoms with van der Waals surface area (Å²) in [4.78, 5) is 4.22. The van der Waals surface area contributed by atoms with Crippen LogP contribution in [0, 0.1) is 11.8 Å². The molecule has 84 valence electrons. The minimum atomic E-state index is 0.769. The second kappa shape index (κ2) is 4.67. The zero-order chi connectivity index (χ0) is 12.3. The molecule has 0 unspecified atom stereocenters. The molecular weight excluding hydrogens is 210 g/mol. The van der Waals surface area contributed by atoms with E-state index in [4.69, 9.17) is 0 Å². The standard InChI is InChI=1S/C14H13N3/c1-4-11(2)12(3)7-8-13-10-15-14-6-5-9-16-17(13)14/h4-6,9-10H,3H2,1-2H3/b11-4-. The zero-order valence-corrected chi connectivity index (χ0v) is 9.94. The van der Waals surface area contributed by atoms with E-state index in [0.29, 0.717) is 0 Å². The lowest BCUT2D eigenvalue weighted by atomic mass is 10.1. The number of hydrogen-bond acceptors (Lipinski definition) is 2. The first-order valence-electron chi connectivity index (χ1n) is 5.35. The third-order valence-corrected chi connectivity index (χ3v) is 2.53. The summed E-state index contributed by atoms with van der Waals surface area (Å²) in [5.41, 5.74) is 3.47. The molecule has 2 aromatic heterocycles. The third-order valence-electron chi connectivity index (χ3n) is 2.53. The Morgan fingerprint density at radius 3 is 3.12 bits per heavy atom. The Morgan fingerprint density at radius 2 is 2.35 bits per heavy atom. The molecule has 17 heavy (non-hydrogen) atoms. The van der Waals surface area contributed by atoms with E-state index in [9.17, 15) is 0 Å². The van der Waals surface area contributed by atoms with Crippen molar-refractivity contribution < 1.29 is 0 Å². The summed E-state index contributed by atoms with van der Waals surface area (Å²) in [7, 11) is 0. The highest BCUT2D eigenvalue weighted by atomic mass is 15.2. The van der Waals surface area contributed by atoms with Crippen molar-refractivity contribution >= 4 is 5.65 Å². The van der Waals surface area contributed by atoms with Gasteiger partial charge in [-0.1, -0.05) is 18.6 Å². The Bertz CT molecular complexity index is 651. The van der Waals surface area contributed by atoms with E-state index in [1.165, 1.54) is 0 Å². The predicted molar refractivity (Wildman–Crippen MR) is 68.4 cm³/mol. The molecule has 2 aromatic rings. The third kappa shape index (κ3) is 2.26. The Morgan fingerprint density at radius 1 is 1.53 bits per heavy atom. The second-order valence-corrected chi connectivity index (χ2v) is 3.64. The maximum Gasteiger partial charge on any atom is 0.154 e. The van der Waals surface area contributed by atoms with Crippen LogP contribution in [0.25, 0.3) is 5.65 Å². The zero-order valence-electron chi connectivity index (χ0n) is 9.94. The van der Waals surface area contributed by atoms with Crippen LogP contribution >= 0.6 is 0 Å². The SMILES string of the molecule is C=C(C#Cc1cnc2cccnn12)/C(C)=C\C. The average molecular weight is 223 g/mol. The van der Waals surface area contributed by atoms with Gasteiger partial charge in [0.05, 0.1) is 6.20 Å². The summed E-state index contributed by atoms with van der Waals surface area (Å²) in [6.07, 6.45) is 5.42. The van der Waals surface area contributed by atoms with Gasteiger partial charge in [-0.3, -0.25) is 0 Å². The highest BCUT2D eigenvalue weighted by molar-refractivity contribution is 5.48. The van der Waals surface area contributed by atoms with Crippen molar-refractivity contribution in [1.29, 1.82) is 0 Å². The van der Waals surface area contributed by atoms with Crippen LogP contribution in [0.1, 0.15) is 19.5 Å². The molecule has 0 aliphatic rings. The summed E-state index contributed by atoms with van der Waals surface area (Å²) < 4.78 is 1.71. The Hall–Kier alpha value is -2.34. The molecule has 2 heterocycles. The summed E-state index contributed by atoms with van der Waals surface area (Å²) in [5, 5.41) is 4.19. The van der Waals surface area contributed by atoms with Crippen molar-refractivity contribution in [2.24, 2.45) is 0 Å². The molecular formula is C14H13N3. The van der Waals surface area contributed by atoms with Gasteiger partial charge in [-0.05, 0) is 37.5 Å². The summed E-state index contributed by atoms with van der Waals surface area (Å²) in [5.74, 6) is 6.04. The lowest BCUT2D eigenvalue weighted by Crippen LogP contribution is -1.92. The molecule has 3 heteroatoms. The summed E-state index contributed by atoms with van der Waals surface area (Å²) >= 11 is 0. The van der Waals surface area contributed by atoms with Crippen LogP contribution < -0.4 is 0 Å². The Balaban J connectivity index is 2.37. The van der Waals surface area contributed by atoms with Gasteiger partial charge in [0, 0.05) is 11.8 Å². The van der Waals surface area contributed by atoms with E-state index in [-0.39, 0.29) is 0 Å². The van der Waals surface area contributed by atoms with Gasteiger partial charge in [-0.2, -0.15) is 5.10 Å². The van der Waals surface area contributed by atoms with Crippen LogP contribution in [0.3, 0.4) is 0 Å². The molecule has 0 saturated carbocycles. The highest BCUT2D eigenvalue weighted by Gasteiger charge is 1.99. The Kier molecular flexibility index (Phi) is 3.06. The van der Waals surface area contributed by atoms with Gasteiger partial charge in [-0.15, -0.1) is 0 Å². The maximum atomic E-state index is 4.22. The van der Waals surface area contributed by atoms with Gasteiger partial charge >= 0.3 is 0 Å². The van der Waals surface area contributed by atoms with Crippen molar-refractivity contribution in [3.63, 3.8) is 0 Å². The smallest absolute Gasteiger partial charge is 0.154 e. The fourth-order valence-electron chi connectivity index (χ4n) is 1.33. The monoisotopic (exact) mass is 223 g/mol. The van der Waals surface area contributed by atoms with Crippen LogP contribution in [-0.4, -0.2) is 14.6 Å². The van der Waals surface area contributed by atoms with Crippen molar-refractivity contribution in [3.8, 4) is 11.8 Å². The molecule has 0 aliphatic carbocycles. The number of hydrogen-bond donors (Lipinski definition) is 0. The molecule has 0 atom stereocenters. The fourth-order valence-corrected chi connectivity index (χ4v) is 1.33. The van der Waals surface area contributed by atoms with Crippen molar-refractivity contribution in [2.45, 2.75) is 13.8 Å². The lowest BCUT2D eigenvalue weighted by Gasteiger charge is -1.94. The molecule has 0 aliphatic heterocycles. The topological polar surface area (TPSA) is 30.2 Å². The average Bonchev–Trinajstić information content (AvgIpc) is 2.78. The van der Waals surface area contributed by atoms with E-state index >= 15 is 0 Å². The molecule has 3 nitrogen and oxygen atoms in total. The highest BCUT2D eigenvalue weighted by Crippen LogP contribution is 2.06. The molecule has 0 fully saturated rings. The quantitative estimate of drug-likeness (QED) is 0.549. The fraction of sp³-hybridized carbons (Fsp3) is 0.143. The first kappa shape index (κ1) is 11.2. The molecule has 0 bridgehead atoms. The molecule has 0 radical (unpaired) electrons. The maximum absolute atomic E-state index is 4.22. The lowest BCUT2D eigenvalue weighted by molar-refractivity contribution is 0.923. The molecule has 0 saturated heterocycles. The van der Waals surface area contributed by atoms with Crippen molar-refractivity contribution in [2.75, 3.05) is 0 Å². The summed E-state index contributed by atoms with van der Waals surface area (Å²) in [6.45, 7) is 7.87. The van der Waals surface area contributed by atoms with Gasteiger partial charge in [0.25, 0.3) is 0 Å². The van der Waals surface area contributed by atoms with Gasteiger partial charge in [0.2, 0.25) is 0 Å². The van der Waals surface area contributed by atoms with Gasteiger partial charge in [0.1, 0.15) is 5.69 Å². The largest absolute Gasteiger partial charge is 0.234 e. The summed E-state index contributed by atoms with van der Waals surface area (Å²) in [6, 6.07) is 3.74. The number of imidazole rings is 1. The van der Waals surface area contributed by atoms with Crippen LogP contribution in [0.15, 0.2) is 48.3 Å². The number of allylic oxidation sites excluding steroid dienone is 3. The molecule has 0 amide bonds. The van der Waals surface area contributed by atoms with Crippen LogP contribution in [0.5, 0.6) is 0 Å². The molecule has 2 rings (SSSR count). The molecule has 0 aromatic carbocycles. The van der Waals surface area contributed by atoms with E-state index in [1.807, 2.05) is 32.1 Å². The predicted octanol–water partition coefficient (Wildman–Crippen LogP) is 2.60. The van der Waals surface area contributed by atoms with Gasteiger partial charge in [-0.25, -0.2) is 9.50 Å². The van der Waals surface area contributed by atoms with E-state index in [0.717, 1.165) is 22.5 Å². The number of fused-ring (bicyclic) bond motifs is 1. The van der Waals surface area contributed by atoms with Crippen LogP contribution in [-0.2, 0) is 0 Å². The first-order chi connectivity index (χ1) is 8.22. The van der Waals surface area contributed by atoms with E-state index in [2.05, 4.69) is 28.5 Å². The van der Waals surface area contributed by atoms with Crippen molar-refractivity contribution in [3.05, 3.63) is 54.0 Å². The normalized spacial score (nSPS) is 11.1. The van der Waals surface area contributed by atoms with Gasteiger partial charge < -0.3 is 0 Å². The minimum Gasteiger partial charge on any atom is -0.234 e. The minimum absolute atomic E-state index is 0.769.